The quantitative estimate of drug-likeness (QED) is 0.323. The van der Waals surface area contributed by atoms with Crippen LogP contribution in [0.4, 0.5) is 32.6 Å². The van der Waals surface area contributed by atoms with E-state index in [1.165, 1.54) is 22.6 Å². The number of hydrogen-bond acceptors (Lipinski definition) is 6. The molecule has 14 heteroatoms. The third-order valence-electron chi connectivity index (χ3n) is 7.19. The fourth-order valence-electron chi connectivity index (χ4n) is 5.23. The number of hydrogen-bond donors (Lipinski definition) is 1. The summed E-state index contributed by atoms with van der Waals surface area (Å²) in [5.41, 5.74) is -2.15. The lowest BCUT2D eigenvalue weighted by Gasteiger charge is -2.36. The summed E-state index contributed by atoms with van der Waals surface area (Å²) in [5.74, 6) is -1.54. The first-order chi connectivity index (χ1) is 19.7. The van der Waals surface area contributed by atoms with Gasteiger partial charge in [0.2, 0.25) is 0 Å². The van der Waals surface area contributed by atoms with Crippen molar-refractivity contribution in [3.05, 3.63) is 58.0 Å². The van der Waals surface area contributed by atoms with Crippen molar-refractivity contribution in [3.63, 3.8) is 0 Å². The molecule has 8 nitrogen and oxygen atoms in total. The number of methoxy groups -OCH3 is 1. The van der Waals surface area contributed by atoms with Crippen LogP contribution < -0.4 is 10.6 Å². The zero-order valence-corrected chi connectivity index (χ0v) is 24.4. The van der Waals surface area contributed by atoms with Crippen LogP contribution >= 0.6 is 10.9 Å². The molecule has 1 saturated heterocycles. The van der Waals surface area contributed by atoms with E-state index in [1.54, 1.807) is 25.7 Å². The van der Waals surface area contributed by atoms with Crippen LogP contribution in [-0.4, -0.2) is 71.3 Å². The normalized spacial score (nSPS) is 20.5. The van der Waals surface area contributed by atoms with Gasteiger partial charge in [-0.1, -0.05) is 0 Å². The number of halogens is 5. The first-order valence-electron chi connectivity index (χ1n) is 13.3. The van der Waals surface area contributed by atoms with E-state index in [-0.39, 0.29) is 65.0 Å². The third kappa shape index (κ3) is 5.91. The fraction of sp³-hybridized carbons (Fsp3) is 0.464. The molecule has 2 aromatic carbocycles. The number of amides is 1. The number of carbonyl (C=O) groups is 1. The van der Waals surface area contributed by atoms with Gasteiger partial charge in [0.25, 0.3) is 0 Å². The average Bonchev–Trinajstić information content (AvgIpc) is 3.07. The second kappa shape index (κ2) is 11.0. The molecule has 42 heavy (non-hydrogen) atoms. The summed E-state index contributed by atoms with van der Waals surface area (Å²) >= 11 is 0. The van der Waals surface area contributed by atoms with E-state index >= 15 is 4.39 Å². The van der Waals surface area contributed by atoms with Crippen molar-refractivity contribution in [2.75, 3.05) is 43.9 Å². The smallest absolute Gasteiger partial charge is 0.416 e. The van der Waals surface area contributed by atoms with Crippen LogP contribution in [-0.2, 0) is 22.2 Å². The fourth-order valence-corrected chi connectivity index (χ4v) is 7.92. The molecule has 0 aliphatic carbocycles. The Kier molecular flexibility index (Phi) is 7.90. The summed E-state index contributed by atoms with van der Waals surface area (Å²) in [6.07, 6.45) is -5.91. The van der Waals surface area contributed by atoms with Crippen molar-refractivity contribution in [3.8, 4) is 0 Å². The van der Waals surface area contributed by atoms with Gasteiger partial charge in [-0.15, -0.1) is 0 Å². The first kappa shape index (κ1) is 30.1. The zero-order chi connectivity index (χ0) is 30.6. The van der Waals surface area contributed by atoms with Crippen molar-refractivity contribution in [2.45, 2.75) is 55.0 Å². The highest BCUT2D eigenvalue weighted by atomic mass is 32.2. The summed E-state index contributed by atoms with van der Waals surface area (Å²) in [7, 11) is -0.447. The molecule has 2 aliphatic rings. The lowest BCUT2D eigenvalue weighted by atomic mass is 10.1. The molecule has 5 rings (SSSR count). The highest BCUT2D eigenvalue weighted by Crippen LogP contribution is 2.52. The van der Waals surface area contributed by atoms with Gasteiger partial charge in [-0.3, -0.25) is 4.57 Å². The Bertz CT molecular complexity index is 1580. The Labute approximate surface area is 241 Å². The maximum Gasteiger partial charge on any atom is 0.416 e. The van der Waals surface area contributed by atoms with Gasteiger partial charge in [0.15, 0.2) is 0 Å². The number of anilines is 1. The van der Waals surface area contributed by atoms with Crippen molar-refractivity contribution in [1.82, 2.24) is 14.5 Å². The monoisotopic (exact) mass is 614 g/mol. The van der Waals surface area contributed by atoms with E-state index in [1.807, 2.05) is 0 Å². The minimum Gasteiger partial charge on any atom is -0.444 e. The van der Waals surface area contributed by atoms with Gasteiger partial charge in [-0.25, -0.2) is 18.4 Å². The molecule has 3 heterocycles. The van der Waals surface area contributed by atoms with E-state index < -0.39 is 57.8 Å². The van der Waals surface area contributed by atoms with Crippen LogP contribution in [0.2, 0.25) is 0 Å². The number of benzene rings is 2. The minimum absolute atomic E-state index is 0.00839. The molecule has 228 valence electrons. The van der Waals surface area contributed by atoms with Gasteiger partial charge in [-0.2, -0.15) is 29.1 Å². The third-order valence-corrected chi connectivity index (χ3v) is 9.83. The van der Waals surface area contributed by atoms with Crippen molar-refractivity contribution in [1.29, 1.82) is 0 Å². The maximum atomic E-state index is 15.1. The highest BCUT2D eigenvalue weighted by Gasteiger charge is 2.37. The molecule has 1 fully saturated rings. The molecule has 1 amide bonds. The second-order valence-electron chi connectivity index (χ2n) is 11.2. The lowest BCUT2D eigenvalue weighted by molar-refractivity contribution is -0.137. The number of aromatic nitrogens is 2. The predicted molar refractivity (Wildman–Crippen MR) is 149 cm³/mol. The molecule has 1 aromatic heterocycles. The summed E-state index contributed by atoms with van der Waals surface area (Å²) in [6, 6.07) is 4.91. The Morgan fingerprint density at radius 1 is 1.02 bits per heavy atom. The Balaban J connectivity index is 1.67. The largest absolute Gasteiger partial charge is 0.444 e. The summed E-state index contributed by atoms with van der Waals surface area (Å²) in [4.78, 5) is 33.6. The number of nitrogens with zero attached hydrogens (tertiary/aromatic N) is 4. The number of alkyl halides is 3. The topological polar surface area (TPSA) is 76.9 Å². The molecule has 0 N–H and O–H groups in total. The van der Waals surface area contributed by atoms with E-state index in [9.17, 15) is 27.2 Å². The number of carbonyl (C=O) groups excluding carboxylic acids is 1. The molecule has 2 atom stereocenters. The molecular formula is C28H31F5N4O4S. The van der Waals surface area contributed by atoms with Crippen LogP contribution in [0.1, 0.15) is 26.3 Å². The Hall–Kier alpha value is -3.39. The van der Waals surface area contributed by atoms with Crippen LogP contribution in [0.5, 0.6) is 0 Å². The summed E-state index contributed by atoms with van der Waals surface area (Å²) in [5, 5.41) is 0.0805. The molecule has 3 aromatic rings. The van der Waals surface area contributed by atoms with Gasteiger partial charge in [-0.05, 0) is 45.0 Å². The van der Waals surface area contributed by atoms with Crippen LogP contribution in [0.25, 0.3) is 10.9 Å². The highest BCUT2D eigenvalue weighted by molar-refractivity contribution is 8.17. The molecule has 0 bridgehead atoms. The van der Waals surface area contributed by atoms with Gasteiger partial charge < -0.3 is 19.3 Å². The van der Waals surface area contributed by atoms with Gasteiger partial charge in [0.1, 0.15) is 23.1 Å². The Morgan fingerprint density at radius 3 is 2.31 bits per heavy atom. The number of rotatable bonds is 3. The van der Waals surface area contributed by atoms with Crippen molar-refractivity contribution >= 4 is 33.7 Å². The number of piperazine rings is 1. The SMILES string of the molecule is CO[C@@H]1Cn2c(=O)nc(N3CCN(C(=O)OC(C)(C)C)CC3)c3cc(C(F)(F)F)cc(c32)[SH](c2ccc(F)cc2F)C1. The first-order valence-corrected chi connectivity index (χ1v) is 14.8. The van der Waals surface area contributed by atoms with E-state index in [2.05, 4.69) is 4.98 Å². The number of thiol groups is 1. The molecule has 0 spiro atoms. The standard InChI is InChI=1S/C28H31F5N4O4S/c1-27(2,3)41-26(39)36-9-7-35(8-10-36)24-19-11-16(28(31,32)33)12-22-23(19)37(25(38)34-24)14-18(40-4)15-42(22)21-6-5-17(29)13-20(21)30/h5-6,11-13,18,42H,7-10,14-15H2,1-4H3/t18-/m1/s1. The minimum atomic E-state index is -4.76. The van der Waals surface area contributed by atoms with E-state index in [0.29, 0.717) is 6.07 Å². The molecule has 2 aliphatic heterocycles. The van der Waals surface area contributed by atoms with Crippen LogP contribution in [0.3, 0.4) is 0 Å². The predicted octanol–water partition coefficient (Wildman–Crippen LogP) is 5.20. The zero-order valence-electron chi connectivity index (χ0n) is 23.5. The maximum absolute atomic E-state index is 15.1. The van der Waals surface area contributed by atoms with Gasteiger partial charge >= 0.3 is 18.0 Å². The van der Waals surface area contributed by atoms with Crippen molar-refractivity contribution in [2.24, 2.45) is 0 Å². The second-order valence-corrected chi connectivity index (χ2v) is 13.4. The van der Waals surface area contributed by atoms with Crippen LogP contribution in [0.15, 0.2) is 44.9 Å². The lowest BCUT2D eigenvalue weighted by Crippen LogP contribution is -2.50. The summed E-state index contributed by atoms with van der Waals surface area (Å²) in [6.45, 7) is 6.01. The molecule has 0 saturated carbocycles. The van der Waals surface area contributed by atoms with E-state index in [0.717, 1.165) is 18.2 Å². The number of ether oxygens (including phenoxy) is 2. The van der Waals surface area contributed by atoms with Crippen molar-refractivity contribution < 1.29 is 36.2 Å². The summed E-state index contributed by atoms with van der Waals surface area (Å²) < 4.78 is 84.1. The van der Waals surface area contributed by atoms with Gasteiger partial charge in [0, 0.05) is 60.3 Å². The molecule has 1 unspecified atom stereocenters. The van der Waals surface area contributed by atoms with E-state index in [4.69, 9.17) is 9.47 Å². The average molecular weight is 615 g/mol. The molecular weight excluding hydrogens is 583 g/mol. The molecule has 0 radical (unpaired) electrons. The Morgan fingerprint density at radius 2 is 1.71 bits per heavy atom. The van der Waals surface area contributed by atoms with Gasteiger partial charge in [0.05, 0.1) is 23.7 Å². The van der Waals surface area contributed by atoms with Crippen LogP contribution in [0, 0.1) is 11.6 Å².